The summed E-state index contributed by atoms with van der Waals surface area (Å²) in [4.78, 5) is 2.97. The van der Waals surface area contributed by atoms with Crippen molar-refractivity contribution in [2.75, 3.05) is 0 Å². The minimum absolute atomic E-state index is 0.480. The van der Waals surface area contributed by atoms with Gasteiger partial charge in [0.1, 0.15) is 0 Å². The van der Waals surface area contributed by atoms with Gasteiger partial charge in [-0.1, -0.05) is 0 Å². The van der Waals surface area contributed by atoms with E-state index in [9.17, 15) is 65.9 Å². The van der Waals surface area contributed by atoms with Gasteiger partial charge >= 0.3 is 0 Å². The zero-order chi connectivity index (χ0) is 51.6. The zero-order valence-electron chi connectivity index (χ0n) is 31.3. The second-order valence-electron chi connectivity index (χ2n) is 13.5. The lowest BCUT2D eigenvalue weighted by Gasteiger charge is -2.18. The van der Waals surface area contributed by atoms with Gasteiger partial charge in [-0.25, -0.2) is 124 Å². The van der Waals surface area contributed by atoms with Gasteiger partial charge in [0, 0.05) is 0 Å². The monoisotopic (exact) mass is 1020 g/mol. The summed E-state index contributed by atoms with van der Waals surface area (Å²) in [6.07, 6.45) is 0. The van der Waals surface area contributed by atoms with E-state index in [4.69, 9.17) is 0 Å². The molecule has 0 unspecified atom stereocenters. The fourth-order valence-electron chi connectivity index (χ4n) is 6.66. The highest BCUT2D eigenvalue weighted by Crippen LogP contribution is 2.46. The standard InChI is InChI=1S/C41H2F27N/c42-15-6(16(43)22(49)9(21(15)48)12-27(54)33(60)39(66)34(61)28(12)55)3-1-4(7-17(44)23(50)10(24(51)18(7)45)13-29(56)35(62)40(67)36(63)30(13)57)69-5(2-3)8-19(46)25(52)11(26(53)20(8)47)14-31(58)37(64)41(68)38(65)32(14)59/h1-2H. The van der Waals surface area contributed by atoms with E-state index in [0.29, 0.717) is 0 Å². The Balaban J connectivity index is 1.61. The van der Waals surface area contributed by atoms with Crippen molar-refractivity contribution in [1.82, 2.24) is 4.98 Å². The number of nitrogens with zero attached hydrogens (tertiary/aromatic N) is 1. The SMILES string of the molecule is Fc1c(F)c(F)c(-c2c(F)c(F)c(-c3cc(-c4c(F)c(F)c(-c5c(F)c(F)c(F)c(F)c5F)c(F)c4F)nc(-c4c(F)c(F)c(-c5c(F)c(F)c(F)c(F)c5F)c(F)c4F)c3)c(F)c2F)c(F)c1F. The van der Waals surface area contributed by atoms with Gasteiger partial charge in [-0.2, -0.15) is 0 Å². The summed E-state index contributed by atoms with van der Waals surface area (Å²) >= 11 is 0. The van der Waals surface area contributed by atoms with Gasteiger partial charge in [0.25, 0.3) is 0 Å². The highest BCUT2D eigenvalue weighted by molar-refractivity contribution is 5.82. The largest absolute Gasteiger partial charge is 0.247 e. The Labute approximate surface area is 359 Å². The molecule has 1 nitrogen and oxygen atoms in total. The molecule has 0 aliphatic carbocycles. The molecule has 0 radical (unpaired) electrons. The topological polar surface area (TPSA) is 12.9 Å². The summed E-state index contributed by atoms with van der Waals surface area (Å²) in [6, 6.07) is -0.960. The number of halogens is 27. The van der Waals surface area contributed by atoms with Crippen molar-refractivity contribution >= 4 is 0 Å². The van der Waals surface area contributed by atoms with E-state index in [0.717, 1.165) is 0 Å². The first-order chi connectivity index (χ1) is 32.0. The minimum Gasteiger partial charge on any atom is -0.247 e. The molecule has 0 bridgehead atoms. The van der Waals surface area contributed by atoms with Crippen LogP contribution in [0, 0.1) is 157 Å². The molecule has 360 valence electrons. The van der Waals surface area contributed by atoms with Crippen LogP contribution in [0.3, 0.4) is 0 Å². The normalized spacial score (nSPS) is 11.7. The quantitative estimate of drug-likeness (QED) is 0.0919. The van der Waals surface area contributed by atoms with Crippen LogP contribution in [-0.4, -0.2) is 4.98 Å². The summed E-state index contributed by atoms with van der Waals surface area (Å²) in [6.45, 7) is 0. The average Bonchev–Trinajstić information content (AvgIpc) is 3.31. The van der Waals surface area contributed by atoms with Crippen molar-refractivity contribution in [3.63, 3.8) is 0 Å². The third kappa shape index (κ3) is 6.98. The Morgan fingerprint density at radius 2 is 0.290 bits per heavy atom. The maximum atomic E-state index is 15.9. The summed E-state index contributed by atoms with van der Waals surface area (Å²) in [7, 11) is 0. The van der Waals surface area contributed by atoms with Gasteiger partial charge in [-0.05, 0) is 17.7 Å². The molecule has 0 aliphatic heterocycles. The fourth-order valence-corrected chi connectivity index (χ4v) is 6.66. The molecule has 0 aliphatic rings. The van der Waals surface area contributed by atoms with E-state index >= 15 is 52.7 Å². The van der Waals surface area contributed by atoms with Crippen molar-refractivity contribution in [1.29, 1.82) is 0 Å². The first-order valence-corrected chi connectivity index (χ1v) is 17.2. The van der Waals surface area contributed by atoms with Crippen LogP contribution in [0.1, 0.15) is 0 Å². The highest BCUT2D eigenvalue weighted by atomic mass is 19.2. The van der Waals surface area contributed by atoms with E-state index in [-0.39, 0.29) is 0 Å². The molecule has 69 heavy (non-hydrogen) atoms. The number of hydrogen-bond acceptors (Lipinski definition) is 1. The Bertz CT molecular complexity index is 2930. The molecule has 0 amide bonds. The number of pyridine rings is 1. The van der Waals surface area contributed by atoms with Gasteiger partial charge in [0.2, 0.25) is 17.5 Å². The molecule has 28 heteroatoms. The van der Waals surface area contributed by atoms with Gasteiger partial charge < -0.3 is 0 Å². The van der Waals surface area contributed by atoms with E-state index < -0.39 is 236 Å². The Hall–Kier alpha value is -7.42. The van der Waals surface area contributed by atoms with E-state index in [2.05, 4.69) is 4.98 Å². The van der Waals surface area contributed by atoms with E-state index in [1.54, 1.807) is 0 Å². The molecule has 7 aromatic rings. The lowest BCUT2D eigenvalue weighted by molar-refractivity contribution is 0.379. The first-order valence-electron chi connectivity index (χ1n) is 17.2. The number of benzene rings is 6. The predicted octanol–water partition coefficient (Wildman–Crippen LogP) is 14.8. The summed E-state index contributed by atoms with van der Waals surface area (Å²) in [5, 5.41) is 0. The van der Waals surface area contributed by atoms with Crippen LogP contribution in [0.15, 0.2) is 12.1 Å². The summed E-state index contributed by atoms with van der Waals surface area (Å²) in [5.74, 6) is -84.6. The van der Waals surface area contributed by atoms with Crippen LogP contribution in [0.25, 0.3) is 67.0 Å². The maximum absolute atomic E-state index is 15.9. The van der Waals surface area contributed by atoms with Crippen molar-refractivity contribution in [3.05, 3.63) is 169 Å². The molecule has 0 spiro atoms. The van der Waals surface area contributed by atoms with Crippen LogP contribution in [0.5, 0.6) is 0 Å². The molecule has 0 atom stereocenters. The molecule has 6 aromatic carbocycles. The van der Waals surface area contributed by atoms with Crippen molar-refractivity contribution < 1.29 is 119 Å². The molecular weight excluding hydrogens is 1020 g/mol. The number of hydrogen-bond donors (Lipinski definition) is 0. The second kappa shape index (κ2) is 17.0. The summed E-state index contributed by atoms with van der Waals surface area (Å²) in [5.41, 5.74) is -31.1. The molecule has 0 saturated carbocycles. The van der Waals surface area contributed by atoms with Crippen LogP contribution >= 0.6 is 0 Å². The van der Waals surface area contributed by atoms with Crippen LogP contribution in [0.2, 0.25) is 0 Å². The van der Waals surface area contributed by atoms with Crippen molar-refractivity contribution in [2.45, 2.75) is 0 Å². The Morgan fingerprint density at radius 1 is 0.159 bits per heavy atom. The molecule has 1 aromatic heterocycles. The zero-order valence-corrected chi connectivity index (χ0v) is 31.3. The van der Waals surface area contributed by atoms with Gasteiger partial charge in [-0.15, -0.1) is 0 Å². The predicted molar refractivity (Wildman–Crippen MR) is 176 cm³/mol. The van der Waals surface area contributed by atoms with Crippen molar-refractivity contribution in [2.24, 2.45) is 0 Å². The smallest absolute Gasteiger partial charge is 0.200 e. The molecule has 7 rings (SSSR count). The van der Waals surface area contributed by atoms with Gasteiger partial charge in [0.15, 0.2) is 140 Å². The Kier molecular flexibility index (Phi) is 12.2. The Morgan fingerprint density at radius 3 is 0.478 bits per heavy atom. The second-order valence-corrected chi connectivity index (χ2v) is 13.5. The molecule has 1 heterocycles. The fraction of sp³-hybridized carbons (Fsp3) is 0. The van der Waals surface area contributed by atoms with Gasteiger partial charge in [-0.3, -0.25) is 0 Å². The molecular formula is C41H2F27N. The van der Waals surface area contributed by atoms with Crippen LogP contribution < -0.4 is 0 Å². The molecule has 0 fully saturated rings. The third-order valence-corrected chi connectivity index (χ3v) is 9.80. The van der Waals surface area contributed by atoms with Crippen LogP contribution in [-0.2, 0) is 0 Å². The number of aromatic nitrogens is 1. The molecule has 0 saturated heterocycles. The average molecular weight is 1020 g/mol. The third-order valence-electron chi connectivity index (χ3n) is 9.80. The molecule has 0 N–H and O–H groups in total. The lowest BCUT2D eigenvalue weighted by Crippen LogP contribution is -2.11. The number of rotatable bonds is 6. The summed E-state index contributed by atoms with van der Waals surface area (Å²) < 4.78 is 402. The first kappa shape index (κ1) is 49.5. The van der Waals surface area contributed by atoms with Gasteiger partial charge in [0.05, 0.1) is 61.5 Å². The minimum atomic E-state index is -3.23. The lowest BCUT2D eigenvalue weighted by atomic mass is 9.93. The highest BCUT2D eigenvalue weighted by Gasteiger charge is 2.40. The van der Waals surface area contributed by atoms with Crippen LogP contribution in [0.4, 0.5) is 119 Å². The van der Waals surface area contributed by atoms with Crippen molar-refractivity contribution in [3.8, 4) is 67.0 Å². The van der Waals surface area contributed by atoms with E-state index in [1.165, 1.54) is 0 Å². The van der Waals surface area contributed by atoms with E-state index in [1.807, 2.05) is 0 Å². The maximum Gasteiger partial charge on any atom is 0.200 e.